The van der Waals surface area contributed by atoms with Crippen molar-refractivity contribution in [1.29, 1.82) is 0 Å². The third-order valence-electron chi connectivity index (χ3n) is 3.79. The van der Waals surface area contributed by atoms with E-state index in [4.69, 9.17) is 14.2 Å². The maximum Gasteiger partial charge on any atom is 0.124 e. The van der Waals surface area contributed by atoms with Crippen LogP contribution in [-0.4, -0.2) is 32.9 Å². The average molecular weight is 265 g/mol. The third kappa shape index (κ3) is 3.01. The molecule has 1 aromatic carbocycles. The number of morpholine rings is 1. The maximum absolute atomic E-state index is 6.25. The van der Waals surface area contributed by atoms with E-state index in [1.165, 1.54) is 0 Å². The summed E-state index contributed by atoms with van der Waals surface area (Å²) in [6, 6.07) is 5.82. The zero-order chi connectivity index (χ0) is 13.9. The van der Waals surface area contributed by atoms with Crippen LogP contribution in [-0.2, 0) is 4.74 Å². The van der Waals surface area contributed by atoms with Crippen molar-refractivity contribution >= 4 is 0 Å². The summed E-state index contributed by atoms with van der Waals surface area (Å²) in [6.45, 7) is 5.96. The van der Waals surface area contributed by atoms with Gasteiger partial charge in [0.25, 0.3) is 0 Å². The second kappa shape index (κ2) is 5.80. The molecule has 0 spiro atoms. The number of rotatable bonds is 4. The van der Waals surface area contributed by atoms with E-state index in [1.807, 2.05) is 18.2 Å². The first-order valence-electron chi connectivity index (χ1n) is 6.72. The van der Waals surface area contributed by atoms with E-state index < -0.39 is 0 Å². The van der Waals surface area contributed by atoms with Crippen LogP contribution in [0, 0.1) is 0 Å². The Labute approximate surface area is 115 Å². The third-order valence-corrected chi connectivity index (χ3v) is 3.79. The van der Waals surface area contributed by atoms with Crippen molar-refractivity contribution in [3.05, 3.63) is 23.8 Å². The van der Waals surface area contributed by atoms with Gasteiger partial charge >= 0.3 is 0 Å². The van der Waals surface area contributed by atoms with E-state index >= 15 is 0 Å². The summed E-state index contributed by atoms with van der Waals surface area (Å²) in [4.78, 5) is 0. The molecule has 2 unspecified atom stereocenters. The Morgan fingerprint density at radius 2 is 2.16 bits per heavy atom. The number of ether oxygens (including phenoxy) is 3. The Bertz CT molecular complexity index is 435. The molecular formula is C15H23NO3. The van der Waals surface area contributed by atoms with Crippen molar-refractivity contribution in [3.8, 4) is 11.5 Å². The van der Waals surface area contributed by atoms with Crippen molar-refractivity contribution in [2.75, 3.05) is 27.3 Å². The highest BCUT2D eigenvalue weighted by molar-refractivity contribution is 5.42. The van der Waals surface area contributed by atoms with Gasteiger partial charge in [0, 0.05) is 18.7 Å². The van der Waals surface area contributed by atoms with Gasteiger partial charge in [-0.15, -0.1) is 0 Å². The molecule has 0 bridgehead atoms. The summed E-state index contributed by atoms with van der Waals surface area (Å²) in [5.74, 6) is 1.66. The lowest BCUT2D eigenvalue weighted by Crippen LogP contribution is -2.48. The molecule has 1 N–H and O–H groups in total. The van der Waals surface area contributed by atoms with Gasteiger partial charge < -0.3 is 19.5 Å². The lowest BCUT2D eigenvalue weighted by atomic mass is 9.98. The smallest absolute Gasteiger partial charge is 0.124 e. The first-order valence-corrected chi connectivity index (χ1v) is 6.72. The van der Waals surface area contributed by atoms with Crippen molar-refractivity contribution in [3.63, 3.8) is 0 Å². The quantitative estimate of drug-likeness (QED) is 0.908. The van der Waals surface area contributed by atoms with Gasteiger partial charge in [-0.3, -0.25) is 0 Å². The standard InChI is InChI=1S/C15H23NO3/c1-5-15(2)10-16-9-14(19-15)12-8-11(17-3)6-7-13(12)18-4/h6-8,14,16H,5,9-10H2,1-4H3. The molecule has 19 heavy (non-hydrogen) atoms. The van der Waals surface area contributed by atoms with Crippen LogP contribution in [0.1, 0.15) is 31.9 Å². The molecule has 1 saturated heterocycles. The number of nitrogens with one attached hydrogen (secondary N) is 1. The van der Waals surface area contributed by atoms with Crippen molar-refractivity contribution in [1.82, 2.24) is 5.32 Å². The largest absolute Gasteiger partial charge is 0.497 e. The highest BCUT2D eigenvalue weighted by Gasteiger charge is 2.33. The monoisotopic (exact) mass is 265 g/mol. The molecule has 1 aliphatic rings. The van der Waals surface area contributed by atoms with Crippen LogP contribution >= 0.6 is 0 Å². The molecule has 1 aliphatic heterocycles. The van der Waals surface area contributed by atoms with Crippen molar-refractivity contribution in [2.45, 2.75) is 32.0 Å². The lowest BCUT2D eigenvalue weighted by molar-refractivity contribution is -0.109. The van der Waals surface area contributed by atoms with Gasteiger partial charge in [0.05, 0.1) is 25.9 Å². The van der Waals surface area contributed by atoms with Gasteiger partial charge in [-0.05, 0) is 31.5 Å². The van der Waals surface area contributed by atoms with Crippen LogP contribution < -0.4 is 14.8 Å². The summed E-state index contributed by atoms with van der Waals surface area (Å²) >= 11 is 0. The van der Waals surface area contributed by atoms with E-state index in [-0.39, 0.29) is 11.7 Å². The van der Waals surface area contributed by atoms with Gasteiger partial charge in [-0.25, -0.2) is 0 Å². The number of hydrogen-bond acceptors (Lipinski definition) is 4. The predicted octanol–water partition coefficient (Wildman–Crippen LogP) is 2.53. The van der Waals surface area contributed by atoms with E-state index in [9.17, 15) is 0 Å². The molecule has 1 aromatic rings. The number of benzene rings is 1. The molecule has 1 heterocycles. The van der Waals surface area contributed by atoms with Gasteiger partial charge in [-0.2, -0.15) is 0 Å². The first-order chi connectivity index (χ1) is 9.11. The molecule has 0 saturated carbocycles. The van der Waals surface area contributed by atoms with E-state index in [0.717, 1.165) is 36.6 Å². The minimum absolute atomic E-state index is 0.0104. The molecule has 4 heteroatoms. The van der Waals surface area contributed by atoms with E-state index in [2.05, 4.69) is 19.2 Å². The summed E-state index contributed by atoms with van der Waals surface area (Å²) in [5, 5.41) is 3.44. The van der Waals surface area contributed by atoms with Crippen LogP contribution in [0.2, 0.25) is 0 Å². The van der Waals surface area contributed by atoms with E-state index in [1.54, 1.807) is 14.2 Å². The Morgan fingerprint density at radius 3 is 2.79 bits per heavy atom. The van der Waals surface area contributed by atoms with Crippen LogP contribution in [0.3, 0.4) is 0 Å². The zero-order valence-electron chi connectivity index (χ0n) is 12.2. The molecule has 0 aliphatic carbocycles. The zero-order valence-corrected chi connectivity index (χ0v) is 12.2. The highest BCUT2D eigenvalue weighted by atomic mass is 16.5. The molecule has 0 radical (unpaired) electrons. The van der Waals surface area contributed by atoms with Crippen molar-refractivity contribution in [2.24, 2.45) is 0 Å². The van der Waals surface area contributed by atoms with Crippen LogP contribution in [0.5, 0.6) is 11.5 Å². The summed E-state index contributed by atoms with van der Waals surface area (Å²) < 4.78 is 17.0. The average Bonchev–Trinajstić information content (AvgIpc) is 2.46. The first kappa shape index (κ1) is 14.2. The van der Waals surface area contributed by atoms with Gasteiger partial charge in [0.1, 0.15) is 11.5 Å². The molecule has 4 nitrogen and oxygen atoms in total. The van der Waals surface area contributed by atoms with Gasteiger partial charge in [0.15, 0.2) is 0 Å². The van der Waals surface area contributed by atoms with Gasteiger partial charge in [-0.1, -0.05) is 6.92 Å². The predicted molar refractivity (Wildman–Crippen MR) is 74.9 cm³/mol. The molecule has 106 valence electrons. The Hall–Kier alpha value is -1.26. The Kier molecular flexibility index (Phi) is 4.32. The minimum atomic E-state index is -0.128. The molecule has 1 fully saturated rings. The van der Waals surface area contributed by atoms with Crippen LogP contribution in [0.15, 0.2) is 18.2 Å². The highest BCUT2D eigenvalue weighted by Crippen LogP contribution is 2.36. The normalized spacial score (nSPS) is 27.1. The summed E-state index contributed by atoms with van der Waals surface area (Å²) in [6.07, 6.45) is 0.965. The second-order valence-electron chi connectivity index (χ2n) is 5.15. The lowest BCUT2D eigenvalue weighted by Gasteiger charge is -2.39. The topological polar surface area (TPSA) is 39.7 Å². The van der Waals surface area contributed by atoms with Crippen LogP contribution in [0.25, 0.3) is 0 Å². The number of methoxy groups -OCH3 is 2. The maximum atomic E-state index is 6.25. The van der Waals surface area contributed by atoms with Crippen molar-refractivity contribution < 1.29 is 14.2 Å². The SMILES string of the molecule is CCC1(C)CNCC(c2cc(OC)ccc2OC)O1. The fraction of sp³-hybridized carbons (Fsp3) is 0.600. The molecule has 2 atom stereocenters. The molecule has 0 aromatic heterocycles. The van der Waals surface area contributed by atoms with E-state index in [0.29, 0.717) is 0 Å². The minimum Gasteiger partial charge on any atom is -0.497 e. The second-order valence-corrected chi connectivity index (χ2v) is 5.15. The van der Waals surface area contributed by atoms with Crippen LogP contribution in [0.4, 0.5) is 0 Å². The summed E-state index contributed by atoms with van der Waals surface area (Å²) in [7, 11) is 3.35. The summed E-state index contributed by atoms with van der Waals surface area (Å²) in [5.41, 5.74) is 0.908. The number of hydrogen-bond donors (Lipinski definition) is 1. The fourth-order valence-corrected chi connectivity index (χ4v) is 2.37. The Morgan fingerprint density at radius 1 is 1.37 bits per heavy atom. The molecule has 0 amide bonds. The molecular weight excluding hydrogens is 242 g/mol. The fourth-order valence-electron chi connectivity index (χ4n) is 2.37. The Balaban J connectivity index is 2.29. The molecule has 2 rings (SSSR count). The van der Waals surface area contributed by atoms with Gasteiger partial charge in [0.2, 0.25) is 0 Å².